The molecule has 0 aliphatic heterocycles. The molecule has 0 heterocycles. The van der Waals surface area contributed by atoms with Gasteiger partial charge in [0.25, 0.3) is 0 Å². The second-order valence-corrected chi connectivity index (χ2v) is 13.7. The summed E-state index contributed by atoms with van der Waals surface area (Å²) in [5.41, 5.74) is 4.36. The molecule has 4 heteroatoms. The molecule has 0 radical (unpaired) electrons. The zero-order valence-corrected chi connectivity index (χ0v) is 12.7. The van der Waals surface area contributed by atoms with Crippen LogP contribution in [0.1, 0.15) is 26.2 Å². The van der Waals surface area contributed by atoms with Crippen molar-refractivity contribution in [3.63, 3.8) is 0 Å². The zero-order valence-electron chi connectivity index (χ0n) is 8.53. The molecule has 0 aromatic heterocycles. The van der Waals surface area contributed by atoms with Crippen molar-refractivity contribution in [3.05, 3.63) is 23.3 Å². The largest absolute Gasteiger partial charge is 0.110 e. The van der Waals surface area contributed by atoms with Gasteiger partial charge in [0.1, 0.15) is 0 Å². The first-order valence-corrected chi connectivity index (χ1v) is 11.8. The molecule has 0 aromatic carbocycles. The number of hydrogen-bond donors (Lipinski definition) is 0. The molecule has 0 saturated heterocycles. The predicted molar refractivity (Wildman–Crippen MR) is 77.6 cm³/mol. The van der Waals surface area contributed by atoms with Crippen molar-refractivity contribution < 1.29 is 0 Å². The Kier molecular flexibility index (Phi) is 4.19. The molecule has 6 unspecified atom stereocenters. The van der Waals surface area contributed by atoms with Crippen molar-refractivity contribution in [2.24, 2.45) is 5.92 Å². The van der Waals surface area contributed by atoms with E-state index < -0.39 is 0 Å². The van der Waals surface area contributed by atoms with Gasteiger partial charge in [-0.05, 0) is 36.4 Å². The van der Waals surface area contributed by atoms with Gasteiger partial charge in [-0.15, -0.1) is 17.9 Å². The standard InChI is InChI=1S/C10H18P4/c1-7-9-4-2-3-8(9)5-6-10(7)14(12)13-11/h2,4,7,10,13H,3,5-6,11-12H2,1H3. The molecular weight excluding hydrogens is 244 g/mol. The van der Waals surface area contributed by atoms with Crippen LogP contribution >= 0.6 is 33.1 Å². The molecule has 0 spiro atoms. The maximum absolute atomic E-state index is 3.10. The number of rotatable bonds is 2. The van der Waals surface area contributed by atoms with Crippen LogP contribution in [-0.2, 0) is 0 Å². The average molecular weight is 262 g/mol. The van der Waals surface area contributed by atoms with Crippen LogP contribution in [0.4, 0.5) is 0 Å². The highest BCUT2D eigenvalue weighted by Gasteiger charge is 2.31. The van der Waals surface area contributed by atoms with E-state index in [1.54, 1.807) is 11.1 Å². The highest BCUT2D eigenvalue weighted by molar-refractivity contribution is 8.61. The van der Waals surface area contributed by atoms with Gasteiger partial charge >= 0.3 is 0 Å². The molecule has 0 aromatic rings. The van der Waals surface area contributed by atoms with Crippen LogP contribution in [0.3, 0.4) is 0 Å². The lowest BCUT2D eigenvalue weighted by Gasteiger charge is -2.34. The van der Waals surface area contributed by atoms with Crippen LogP contribution in [0.15, 0.2) is 23.3 Å². The Hall–Kier alpha value is 1.20. The summed E-state index contributed by atoms with van der Waals surface area (Å²) >= 11 is 0. The van der Waals surface area contributed by atoms with Gasteiger partial charge in [0.15, 0.2) is 0 Å². The number of hydrogen-bond acceptors (Lipinski definition) is 0. The van der Waals surface area contributed by atoms with E-state index >= 15 is 0 Å². The van der Waals surface area contributed by atoms with Gasteiger partial charge in [0.05, 0.1) is 0 Å². The van der Waals surface area contributed by atoms with Gasteiger partial charge in [-0.3, -0.25) is 0 Å². The third-order valence-corrected chi connectivity index (χ3v) is 14.9. The normalized spacial score (nSPS) is 34.2. The molecule has 0 N–H and O–H groups in total. The first-order valence-electron chi connectivity index (χ1n) is 5.12. The average Bonchev–Trinajstić information content (AvgIpc) is 2.66. The lowest BCUT2D eigenvalue weighted by molar-refractivity contribution is 0.561. The second-order valence-electron chi connectivity index (χ2n) is 4.10. The molecule has 2 aliphatic rings. The van der Waals surface area contributed by atoms with Gasteiger partial charge in [0.2, 0.25) is 0 Å². The van der Waals surface area contributed by atoms with Crippen LogP contribution in [0.25, 0.3) is 0 Å². The summed E-state index contributed by atoms with van der Waals surface area (Å²) in [5.74, 6) is 0.814. The molecule has 2 rings (SSSR count). The summed E-state index contributed by atoms with van der Waals surface area (Å²) in [6, 6.07) is 0. The van der Waals surface area contributed by atoms with Crippen molar-refractivity contribution >= 4 is 33.1 Å². The Morgan fingerprint density at radius 3 is 3.07 bits per heavy atom. The van der Waals surface area contributed by atoms with E-state index in [0.717, 1.165) is 19.5 Å². The summed E-state index contributed by atoms with van der Waals surface area (Å²) in [5, 5.41) is 0. The van der Waals surface area contributed by atoms with Crippen LogP contribution in [0, 0.1) is 5.92 Å². The summed E-state index contributed by atoms with van der Waals surface area (Å²) < 4.78 is 0. The maximum Gasteiger partial charge on any atom is -0.00667 e. The van der Waals surface area contributed by atoms with E-state index in [9.17, 15) is 0 Å². The lowest BCUT2D eigenvalue weighted by Crippen LogP contribution is -2.20. The van der Waals surface area contributed by atoms with E-state index in [1.807, 2.05) is 0 Å². The van der Waals surface area contributed by atoms with Crippen molar-refractivity contribution in [1.29, 1.82) is 0 Å². The summed E-state index contributed by atoms with van der Waals surface area (Å²) in [6.45, 7) is 2.43. The van der Waals surface area contributed by atoms with E-state index in [0.29, 0.717) is 0 Å². The number of allylic oxidation sites excluding steroid dienone is 4. The Morgan fingerprint density at radius 2 is 2.36 bits per heavy atom. The SMILES string of the molecule is CC1C2=C(CC=C2)CCC1P(P)PP. The fourth-order valence-electron chi connectivity index (χ4n) is 2.54. The Balaban J connectivity index is 2.15. The van der Waals surface area contributed by atoms with Gasteiger partial charge in [-0.25, -0.2) is 0 Å². The Morgan fingerprint density at radius 1 is 1.57 bits per heavy atom. The minimum absolute atomic E-state index is 0.180. The van der Waals surface area contributed by atoms with Crippen molar-refractivity contribution in [1.82, 2.24) is 0 Å². The summed E-state index contributed by atoms with van der Waals surface area (Å²) in [7, 11) is 7.27. The molecule has 0 bridgehead atoms. The molecule has 14 heavy (non-hydrogen) atoms. The zero-order chi connectivity index (χ0) is 10.1. The molecule has 78 valence electrons. The first kappa shape index (κ1) is 11.7. The van der Waals surface area contributed by atoms with Gasteiger partial charge in [-0.1, -0.05) is 39.9 Å². The van der Waals surface area contributed by atoms with E-state index in [-0.39, 0.29) is 7.30 Å². The van der Waals surface area contributed by atoms with Crippen LogP contribution in [0.2, 0.25) is 0 Å². The third kappa shape index (κ3) is 2.15. The van der Waals surface area contributed by atoms with Crippen molar-refractivity contribution in [3.8, 4) is 0 Å². The summed E-state index contributed by atoms with van der Waals surface area (Å²) in [4.78, 5) is 0. The molecule has 0 fully saturated rings. The molecule has 6 atom stereocenters. The topological polar surface area (TPSA) is 0 Å². The van der Waals surface area contributed by atoms with Crippen LogP contribution in [-0.4, -0.2) is 5.66 Å². The molecular formula is C10H18P4. The summed E-state index contributed by atoms with van der Waals surface area (Å²) in [6.07, 6.45) is 8.76. The molecule has 0 nitrogen and oxygen atoms in total. The first-order chi connectivity index (χ1) is 6.74. The fourth-order valence-corrected chi connectivity index (χ4v) is 8.36. The molecule has 2 aliphatic carbocycles. The Bertz CT molecular complexity index is 282. The van der Waals surface area contributed by atoms with Gasteiger partial charge in [0, 0.05) is 0 Å². The molecule has 0 amide bonds. The monoisotopic (exact) mass is 262 g/mol. The van der Waals surface area contributed by atoms with E-state index in [1.165, 1.54) is 19.3 Å². The maximum atomic E-state index is 3.10. The van der Waals surface area contributed by atoms with Crippen LogP contribution < -0.4 is 0 Å². The minimum Gasteiger partial charge on any atom is -0.110 e. The smallest absolute Gasteiger partial charge is 0.00667 e. The van der Waals surface area contributed by atoms with E-state index in [4.69, 9.17) is 0 Å². The highest BCUT2D eigenvalue weighted by Crippen LogP contribution is 2.72. The van der Waals surface area contributed by atoms with E-state index in [2.05, 4.69) is 36.9 Å². The molecule has 0 saturated carbocycles. The van der Waals surface area contributed by atoms with Gasteiger partial charge < -0.3 is 0 Å². The second kappa shape index (κ2) is 5.02. The van der Waals surface area contributed by atoms with Crippen LogP contribution in [0.5, 0.6) is 0 Å². The minimum atomic E-state index is 0.180. The van der Waals surface area contributed by atoms with Crippen molar-refractivity contribution in [2.75, 3.05) is 0 Å². The fraction of sp³-hybridized carbons (Fsp3) is 0.600. The highest BCUT2D eigenvalue weighted by atomic mass is 32.6. The lowest BCUT2D eigenvalue weighted by atomic mass is 9.85. The third-order valence-electron chi connectivity index (χ3n) is 3.39. The van der Waals surface area contributed by atoms with Crippen molar-refractivity contribution in [2.45, 2.75) is 31.8 Å². The quantitative estimate of drug-likeness (QED) is 0.633. The Labute approximate surface area is 94.4 Å². The van der Waals surface area contributed by atoms with Gasteiger partial charge in [-0.2, -0.15) is 0 Å². The predicted octanol–water partition coefficient (Wildman–Crippen LogP) is 4.70.